The SMILES string of the molecule is CCOc1ccc(CNC(=O)NCc2ccc(F)cc2)cc1. The largest absolute Gasteiger partial charge is 0.494 e. The Morgan fingerprint density at radius 3 is 1.95 bits per heavy atom. The van der Waals surface area contributed by atoms with E-state index in [9.17, 15) is 9.18 Å². The molecule has 22 heavy (non-hydrogen) atoms. The van der Waals surface area contributed by atoms with Gasteiger partial charge in [0.25, 0.3) is 0 Å². The topological polar surface area (TPSA) is 50.4 Å². The number of ether oxygens (including phenoxy) is 1. The number of hydrogen-bond acceptors (Lipinski definition) is 2. The molecule has 0 bridgehead atoms. The van der Waals surface area contributed by atoms with Crippen molar-refractivity contribution in [3.8, 4) is 5.75 Å². The lowest BCUT2D eigenvalue weighted by Crippen LogP contribution is -2.34. The van der Waals surface area contributed by atoms with Gasteiger partial charge >= 0.3 is 6.03 Å². The molecule has 0 aliphatic heterocycles. The molecule has 0 aliphatic carbocycles. The van der Waals surface area contributed by atoms with Gasteiger partial charge in [-0.05, 0) is 42.3 Å². The van der Waals surface area contributed by atoms with Crippen LogP contribution in [0.2, 0.25) is 0 Å². The minimum absolute atomic E-state index is 0.266. The Balaban J connectivity index is 1.74. The summed E-state index contributed by atoms with van der Waals surface area (Å²) in [5.41, 5.74) is 1.83. The Morgan fingerprint density at radius 2 is 1.45 bits per heavy atom. The third-order valence-corrected chi connectivity index (χ3v) is 3.05. The first-order chi connectivity index (χ1) is 10.7. The van der Waals surface area contributed by atoms with Gasteiger partial charge in [0.1, 0.15) is 11.6 Å². The van der Waals surface area contributed by atoms with Crippen LogP contribution in [-0.2, 0) is 13.1 Å². The van der Waals surface area contributed by atoms with E-state index in [0.717, 1.165) is 16.9 Å². The van der Waals surface area contributed by atoms with Crippen molar-refractivity contribution in [2.24, 2.45) is 0 Å². The maximum absolute atomic E-state index is 12.8. The zero-order valence-electron chi connectivity index (χ0n) is 12.4. The van der Waals surface area contributed by atoms with Crippen LogP contribution in [0.4, 0.5) is 9.18 Å². The second-order valence-corrected chi connectivity index (χ2v) is 4.74. The van der Waals surface area contributed by atoms with Gasteiger partial charge in [0, 0.05) is 13.1 Å². The number of hydrogen-bond donors (Lipinski definition) is 2. The molecule has 0 unspecified atom stereocenters. The zero-order chi connectivity index (χ0) is 15.8. The second-order valence-electron chi connectivity index (χ2n) is 4.74. The predicted octanol–water partition coefficient (Wildman–Crippen LogP) is 3.22. The average molecular weight is 302 g/mol. The number of carbonyl (C=O) groups is 1. The van der Waals surface area contributed by atoms with E-state index in [1.807, 2.05) is 31.2 Å². The van der Waals surface area contributed by atoms with Crippen LogP contribution in [0.1, 0.15) is 18.1 Å². The first-order valence-electron chi connectivity index (χ1n) is 7.15. The van der Waals surface area contributed by atoms with Crippen molar-refractivity contribution in [3.05, 3.63) is 65.5 Å². The van der Waals surface area contributed by atoms with Crippen LogP contribution in [-0.4, -0.2) is 12.6 Å². The van der Waals surface area contributed by atoms with Gasteiger partial charge in [0.05, 0.1) is 6.61 Å². The van der Waals surface area contributed by atoms with Gasteiger partial charge in [-0.3, -0.25) is 0 Å². The van der Waals surface area contributed by atoms with Gasteiger partial charge in [-0.25, -0.2) is 9.18 Å². The van der Waals surface area contributed by atoms with E-state index in [0.29, 0.717) is 19.7 Å². The Morgan fingerprint density at radius 1 is 0.955 bits per heavy atom. The Kier molecular flexibility index (Phi) is 5.77. The molecule has 2 N–H and O–H groups in total. The standard InChI is InChI=1S/C17H19FN2O2/c1-2-22-16-9-5-14(6-10-16)12-20-17(21)19-11-13-3-7-15(18)8-4-13/h3-10H,2,11-12H2,1H3,(H2,19,20,21). The monoisotopic (exact) mass is 302 g/mol. The molecule has 0 saturated carbocycles. The van der Waals surface area contributed by atoms with Gasteiger partial charge in [-0.15, -0.1) is 0 Å². The highest BCUT2D eigenvalue weighted by molar-refractivity contribution is 5.73. The van der Waals surface area contributed by atoms with Crippen molar-refractivity contribution < 1.29 is 13.9 Å². The smallest absolute Gasteiger partial charge is 0.315 e. The molecule has 2 aromatic rings. The van der Waals surface area contributed by atoms with Gasteiger partial charge in [0.15, 0.2) is 0 Å². The van der Waals surface area contributed by atoms with E-state index in [1.54, 1.807) is 12.1 Å². The van der Waals surface area contributed by atoms with E-state index >= 15 is 0 Å². The Bertz CT molecular complexity index is 597. The summed E-state index contributed by atoms with van der Waals surface area (Å²) in [6.45, 7) is 3.35. The molecule has 2 amide bonds. The molecule has 2 aromatic carbocycles. The summed E-state index contributed by atoms with van der Waals surface area (Å²) >= 11 is 0. The van der Waals surface area contributed by atoms with Crippen LogP contribution in [0, 0.1) is 5.82 Å². The molecule has 2 rings (SSSR count). The molecule has 0 fully saturated rings. The number of rotatable bonds is 6. The van der Waals surface area contributed by atoms with E-state index < -0.39 is 0 Å². The molecule has 0 saturated heterocycles. The molecule has 0 atom stereocenters. The second kappa shape index (κ2) is 8.02. The highest BCUT2D eigenvalue weighted by Crippen LogP contribution is 2.11. The number of amides is 2. The van der Waals surface area contributed by atoms with Crippen LogP contribution in [0.5, 0.6) is 5.75 Å². The lowest BCUT2D eigenvalue weighted by molar-refractivity contribution is 0.240. The van der Waals surface area contributed by atoms with E-state index in [1.165, 1.54) is 12.1 Å². The van der Waals surface area contributed by atoms with Crippen LogP contribution in [0.3, 0.4) is 0 Å². The molecule has 0 aliphatic rings. The van der Waals surface area contributed by atoms with E-state index in [4.69, 9.17) is 4.74 Å². The summed E-state index contributed by atoms with van der Waals surface area (Å²) in [6.07, 6.45) is 0. The Hall–Kier alpha value is -2.56. The number of benzene rings is 2. The molecular weight excluding hydrogens is 283 g/mol. The van der Waals surface area contributed by atoms with Crippen LogP contribution in [0.25, 0.3) is 0 Å². The summed E-state index contributed by atoms with van der Waals surface area (Å²) in [5.74, 6) is 0.524. The van der Waals surface area contributed by atoms with Gasteiger partial charge in [-0.1, -0.05) is 24.3 Å². The lowest BCUT2D eigenvalue weighted by atomic mass is 10.2. The first kappa shape index (κ1) is 15.8. The van der Waals surface area contributed by atoms with Crippen molar-refractivity contribution in [1.82, 2.24) is 10.6 Å². The quantitative estimate of drug-likeness (QED) is 0.861. The van der Waals surface area contributed by atoms with Crippen LogP contribution in [0.15, 0.2) is 48.5 Å². The number of halogens is 1. The molecule has 116 valence electrons. The number of nitrogens with one attached hydrogen (secondary N) is 2. The molecule has 0 heterocycles. The van der Waals surface area contributed by atoms with Crippen molar-refractivity contribution in [2.45, 2.75) is 20.0 Å². The maximum Gasteiger partial charge on any atom is 0.315 e. The van der Waals surface area contributed by atoms with Crippen LogP contribution < -0.4 is 15.4 Å². The Labute approximate surface area is 129 Å². The maximum atomic E-state index is 12.8. The molecular formula is C17H19FN2O2. The summed E-state index contributed by atoms with van der Waals surface area (Å²) in [6, 6.07) is 13.3. The van der Waals surface area contributed by atoms with E-state index in [2.05, 4.69) is 10.6 Å². The summed E-state index contributed by atoms with van der Waals surface area (Å²) in [5, 5.41) is 5.49. The molecule has 0 spiro atoms. The number of carbonyl (C=O) groups excluding carboxylic acids is 1. The average Bonchev–Trinajstić information content (AvgIpc) is 2.54. The predicted molar refractivity (Wildman–Crippen MR) is 83.1 cm³/mol. The fraction of sp³-hybridized carbons (Fsp3) is 0.235. The third kappa shape index (κ3) is 5.09. The number of urea groups is 1. The molecule has 0 aromatic heterocycles. The molecule has 5 heteroatoms. The minimum atomic E-state index is -0.288. The molecule has 0 radical (unpaired) electrons. The fourth-order valence-electron chi connectivity index (χ4n) is 1.90. The summed E-state index contributed by atoms with van der Waals surface area (Å²) in [4.78, 5) is 11.7. The van der Waals surface area contributed by atoms with Gasteiger partial charge < -0.3 is 15.4 Å². The summed E-state index contributed by atoms with van der Waals surface area (Å²) < 4.78 is 18.1. The van der Waals surface area contributed by atoms with E-state index in [-0.39, 0.29) is 11.8 Å². The minimum Gasteiger partial charge on any atom is -0.494 e. The van der Waals surface area contributed by atoms with Crippen molar-refractivity contribution in [3.63, 3.8) is 0 Å². The highest BCUT2D eigenvalue weighted by Gasteiger charge is 2.01. The van der Waals surface area contributed by atoms with Gasteiger partial charge in [-0.2, -0.15) is 0 Å². The fourth-order valence-corrected chi connectivity index (χ4v) is 1.90. The van der Waals surface area contributed by atoms with Crippen molar-refractivity contribution in [2.75, 3.05) is 6.61 Å². The van der Waals surface area contributed by atoms with Crippen molar-refractivity contribution in [1.29, 1.82) is 0 Å². The zero-order valence-corrected chi connectivity index (χ0v) is 12.4. The summed E-state index contributed by atoms with van der Waals surface area (Å²) in [7, 11) is 0. The van der Waals surface area contributed by atoms with Gasteiger partial charge in [0.2, 0.25) is 0 Å². The van der Waals surface area contributed by atoms with Crippen molar-refractivity contribution >= 4 is 6.03 Å². The highest BCUT2D eigenvalue weighted by atomic mass is 19.1. The molecule has 4 nitrogen and oxygen atoms in total. The van der Waals surface area contributed by atoms with Crippen LogP contribution >= 0.6 is 0 Å². The third-order valence-electron chi connectivity index (χ3n) is 3.05. The lowest BCUT2D eigenvalue weighted by Gasteiger charge is -2.09. The first-order valence-corrected chi connectivity index (χ1v) is 7.15. The normalized spacial score (nSPS) is 10.1.